The third-order valence-corrected chi connectivity index (χ3v) is 4.88. The van der Waals surface area contributed by atoms with E-state index in [0.717, 1.165) is 12.8 Å². The van der Waals surface area contributed by atoms with Crippen LogP contribution >= 0.6 is 0 Å². The van der Waals surface area contributed by atoms with Crippen molar-refractivity contribution in [2.24, 2.45) is 0 Å². The molecular formula is C18H17BFN. The van der Waals surface area contributed by atoms with Crippen molar-refractivity contribution in [3.05, 3.63) is 65.4 Å². The number of para-hydroxylation sites is 1. The zero-order valence-electron chi connectivity index (χ0n) is 12.3. The molecule has 0 spiro atoms. The van der Waals surface area contributed by atoms with Crippen LogP contribution in [0.4, 0.5) is 10.1 Å². The van der Waals surface area contributed by atoms with E-state index in [1.165, 1.54) is 22.3 Å². The summed E-state index contributed by atoms with van der Waals surface area (Å²) in [6.07, 6.45) is 0. The normalized spacial score (nSPS) is 21.1. The van der Waals surface area contributed by atoms with E-state index in [-0.39, 0.29) is 17.3 Å². The number of hydrogen-bond donors (Lipinski definition) is 1. The predicted octanol–water partition coefficient (Wildman–Crippen LogP) is 3.01. The second kappa shape index (κ2) is 4.23. The molecule has 0 aliphatic carbocycles. The number of anilines is 1. The van der Waals surface area contributed by atoms with Gasteiger partial charge in [0.25, 0.3) is 0 Å². The Balaban J connectivity index is 1.80. The van der Waals surface area contributed by atoms with Gasteiger partial charge in [0.05, 0.1) is 6.04 Å². The zero-order valence-corrected chi connectivity index (χ0v) is 12.3. The summed E-state index contributed by atoms with van der Waals surface area (Å²) in [7, 11) is 0.898. The molecule has 0 saturated carbocycles. The van der Waals surface area contributed by atoms with E-state index in [2.05, 4.69) is 49.4 Å². The molecule has 4 rings (SSSR count). The molecule has 0 aromatic heterocycles. The number of benzene rings is 2. The highest BCUT2D eigenvalue weighted by Crippen LogP contribution is 2.45. The lowest BCUT2D eigenvalue weighted by atomic mass is 9.73. The molecule has 2 aliphatic heterocycles. The van der Waals surface area contributed by atoms with Gasteiger partial charge in [-0.1, -0.05) is 43.6 Å². The van der Waals surface area contributed by atoms with Crippen molar-refractivity contribution in [2.45, 2.75) is 25.3 Å². The number of halogens is 1. The fourth-order valence-corrected chi connectivity index (χ4v) is 3.73. The van der Waals surface area contributed by atoms with Crippen molar-refractivity contribution >= 4 is 24.0 Å². The molecular weight excluding hydrogens is 260 g/mol. The van der Waals surface area contributed by atoms with Crippen LogP contribution in [0.25, 0.3) is 5.57 Å². The van der Waals surface area contributed by atoms with Gasteiger partial charge in [0, 0.05) is 11.1 Å². The Bertz CT molecular complexity index is 764. The third kappa shape index (κ3) is 1.77. The van der Waals surface area contributed by atoms with Crippen LogP contribution < -0.4 is 10.8 Å². The van der Waals surface area contributed by atoms with Crippen molar-refractivity contribution in [3.63, 3.8) is 0 Å². The first-order chi connectivity index (χ1) is 10.1. The van der Waals surface area contributed by atoms with Crippen molar-refractivity contribution in [1.29, 1.82) is 0 Å². The van der Waals surface area contributed by atoms with Gasteiger partial charge in [0.1, 0.15) is 5.82 Å². The Kier molecular flexibility index (Phi) is 2.56. The van der Waals surface area contributed by atoms with E-state index in [4.69, 9.17) is 0 Å². The molecule has 0 bridgehead atoms. The Hall–Kier alpha value is -2.03. The number of hydrogen-bond acceptors (Lipinski definition) is 1. The average molecular weight is 277 g/mol. The number of rotatable bonds is 1. The van der Waals surface area contributed by atoms with Crippen LogP contribution in [0.15, 0.2) is 48.4 Å². The summed E-state index contributed by atoms with van der Waals surface area (Å²) in [4.78, 5) is 0. The standard InChI is InChI=1S/C18H17BFN/c1-18(2)14-5-3-4-6-16(14)21-17(18)13-10-19-15-8-7-11(20)9-12(13)15/h3-10,17,19,21H,1-2H3. The highest BCUT2D eigenvalue weighted by atomic mass is 19.1. The van der Waals surface area contributed by atoms with Gasteiger partial charge < -0.3 is 5.32 Å². The molecule has 3 heteroatoms. The Morgan fingerprint density at radius 2 is 1.95 bits per heavy atom. The van der Waals surface area contributed by atoms with Crippen molar-refractivity contribution in [2.75, 3.05) is 5.32 Å². The van der Waals surface area contributed by atoms with Gasteiger partial charge in [-0.25, -0.2) is 4.39 Å². The molecule has 1 N–H and O–H groups in total. The van der Waals surface area contributed by atoms with Crippen LogP contribution in [-0.2, 0) is 5.41 Å². The van der Waals surface area contributed by atoms with E-state index in [1.54, 1.807) is 12.1 Å². The van der Waals surface area contributed by atoms with Crippen LogP contribution in [0.5, 0.6) is 0 Å². The maximum Gasteiger partial charge on any atom is 0.184 e. The first kappa shape index (κ1) is 12.7. The minimum absolute atomic E-state index is 0.00362. The first-order valence-corrected chi connectivity index (χ1v) is 7.42. The molecule has 104 valence electrons. The number of fused-ring (bicyclic) bond motifs is 2. The molecule has 2 aliphatic rings. The van der Waals surface area contributed by atoms with E-state index >= 15 is 0 Å². The molecule has 1 unspecified atom stereocenters. The minimum atomic E-state index is -0.158. The molecule has 2 aromatic rings. The van der Waals surface area contributed by atoms with Crippen molar-refractivity contribution in [3.8, 4) is 0 Å². The fourth-order valence-electron chi connectivity index (χ4n) is 3.73. The summed E-state index contributed by atoms with van der Waals surface area (Å²) in [6.45, 7) is 4.52. The Morgan fingerprint density at radius 3 is 2.76 bits per heavy atom. The summed E-state index contributed by atoms with van der Waals surface area (Å²) in [6, 6.07) is 13.8. The van der Waals surface area contributed by atoms with Crippen molar-refractivity contribution in [1.82, 2.24) is 0 Å². The lowest BCUT2D eigenvalue weighted by Gasteiger charge is -2.29. The summed E-state index contributed by atoms with van der Waals surface area (Å²) >= 11 is 0. The molecule has 0 amide bonds. The highest BCUT2D eigenvalue weighted by Gasteiger charge is 2.42. The topological polar surface area (TPSA) is 12.0 Å². The van der Waals surface area contributed by atoms with Gasteiger partial charge >= 0.3 is 0 Å². The van der Waals surface area contributed by atoms with Crippen LogP contribution in [0, 0.1) is 5.82 Å². The lowest BCUT2D eigenvalue weighted by Crippen LogP contribution is -2.34. The second-order valence-corrected chi connectivity index (χ2v) is 6.51. The average Bonchev–Trinajstić information content (AvgIpc) is 2.98. The Morgan fingerprint density at radius 1 is 1.14 bits per heavy atom. The van der Waals surface area contributed by atoms with E-state index in [1.807, 2.05) is 6.07 Å². The van der Waals surface area contributed by atoms with E-state index in [0.29, 0.717) is 0 Å². The van der Waals surface area contributed by atoms with Gasteiger partial charge in [-0.05, 0) is 34.9 Å². The van der Waals surface area contributed by atoms with Gasteiger partial charge in [0.2, 0.25) is 0 Å². The lowest BCUT2D eigenvalue weighted by molar-refractivity contribution is 0.527. The predicted molar refractivity (Wildman–Crippen MR) is 88.0 cm³/mol. The zero-order chi connectivity index (χ0) is 14.6. The van der Waals surface area contributed by atoms with Crippen LogP contribution in [-0.4, -0.2) is 13.3 Å². The van der Waals surface area contributed by atoms with Crippen molar-refractivity contribution < 1.29 is 4.39 Å². The monoisotopic (exact) mass is 277 g/mol. The fraction of sp³-hybridized carbons (Fsp3) is 0.222. The second-order valence-electron chi connectivity index (χ2n) is 6.51. The molecule has 0 saturated heterocycles. The number of nitrogens with one attached hydrogen (secondary N) is 1. The van der Waals surface area contributed by atoms with E-state index in [9.17, 15) is 4.39 Å². The first-order valence-electron chi connectivity index (χ1n) is 7.42. The van der Waals surface area contributed by atoms with Crippen LogP contribution in [0.1, 0.15) is 25.0 Å². The highest BCUT2D eigenvalue weighted by molar-refractivity contribution is 6.63. The van der Waals surface area contributed by atoms with Gasteiger partial charge in [-0.2, -0.15) is 0 Å². The summed E-state index contributed by atoms with van der Waals surface area (Å²) < 4.78 is 13.6. The quantitative estimate of drug-likeness (QED) is 0.790. The SMILES string of the molecule is CC1(C)c2ccccc2NC1C1=CBc2ccc(F)cc21. The summed E-state index contributed by atoms with van der Waals surface area (Å²) in [5.74, 6) is 2.09. The Labute approximate surface area is 125 Å². The molecule has 1 atom stereocenters. The molecule has 2 aromatic carbocycles. The molecule has 0 fully saturated rings. The largest absolute Gasteiger partial charge is 0.377 e. The smallest absolute Gasteiger partial charge is 0.184 e. The van der Waals surface area contributed by atoms with E-state index < -0.39 is 0 Å². The molecule has 21 heavy (non-hydrogen) atoms. The van der Waals surface area contributed by atoms with Gasteiger partial charge in [-0.3, -0.25) is 0 Å². The maximum atomic E-state index is 13.6. The van der Waals surface area contributed by atoms with Gasteiger partial charge in [-0.15, -0.1) is 5.98 Å². The van der Waals surface area contributed by atoms with Gasteiger partial charge in [0.15, 0.2) is 7.28 Å². The third-order valence-electron chi connectivity index (χ3n) is 4.88. The summed E-state index contributed by atoms with van der Waals surface area (Å²) in [5.41, 5.74) is 6.04. The summed E-state index contributed by atoms with van der Waals surface area (Å²) in [5, 5.41) is 3.64. The molecule has 2 heterocycles. The molecule has 1 nitrogen and oxygen atoms in total. The van der Waals surface area contributed by atoms with Crippen LogP contribution in [0.3, 0.4) is 0 Å². The maximum absolute atomic E-state index is 13.6. The molecule has 0 radical (unpaired) electrons. The minimum Gasteiger partial charge on any atom is -0.377 e. The van der Waals surface area contributed by atoms with Crippen LogP contribution in [0.2, 0.25) is 0 Å².